The fourth-order valence-electron chi connectivity index (χ4n) is 1.98. The van der Waals surface area contributed by atoms with E-state index in [1.54, 1.807) is 17.4 Å². The van der Waals surface area contributed by atoms with Crippen molar-refractivity contribution >= 4 is 43.2 Å². The van der Waals surface area contributed by atoms with Crippen LogP contribution in [0.3, 0.4) is 0 Å². The number of hydrogen-bond acceptors (Lipinski definition) is 2. The molecule has 0 aliphatic heterocycles. The van der Waals surface area contributed by atoms with Gasteiger partial charge < -0.3 is 5.32 Å². The van der Waals surface area contributed by atoms with Crippen LogP contribution in [0.15, 0.2) is 37.9 Å². The van der Waals surface area contributed by atoms with E-state index in [4.69, 9.17) is 0 Å². The first-order chi connectivity index (χ1) is 9.10. The highest BCUT2D eigenvalue weighted by Crippen LogP contribution is 2.28. The summed E-state index contributed by atoms with van der Waals surface area (Å²) in [6.07, 6.45) is 0.641. The van der Waals surface area contributed by atoms with Crippen molar-refractivity contribution in [2.45, 2.75) is 19.4 Å². The van der Waals surface area contributed by atoms with E-state index in [9.17, 15) is 4.39 Å². The van der Waals surface area contributed by atoms with Crippen molar-refractivity contribution in [2.24, 2.45) is 0 Å². The van der Waals surface area contributed by atoms with Gasteiger partial charge >= 0.3 is 0 Å². The number of nitrogens with one attached hydrogen (secondary N) is 1. The van der Waals surface area contributed by atoms with Crippen molar-refractivity contribution in [1.29, 1.82) is 0 Å². The molecule has 0 spiro atoms. The summed E-state index contributed by atoms with van der Waals surface area (Å²) >= 11 is 8.52. The van der Waals surface area contributed by atoms with Gasteiger partial charge in [0.1, 0.15) is 5.82 Å². The number of hydrogen-bond donors (Lipinski definition) is 1. The number of likely N-dealkylation sites (N-methyl/N-ethyl adjacent to an activating group) is 1. The molecule has 0 radical (unpaired) electrons. The maximum absolute atomic E-state index is 13.8. The first-order valence-corrected chi connectivity index (χ1v) is 8.48. The second kappa shape index (κ2) is 6.97. The summed E-state index contributed by atoms with van der Waals surface area (Å²) < 4.78 is 15.8. The molecule has 0 aliphatic rings. The van der Waals surface area contributed by atoms with Gasteiger partial charge in [0.25, 0.3) is 0 Å². The van der Waals surface area contributed by atoms with Crippen molar-refractivity contribution in [3.63, 3.8) is 0 Å². The van der Waals surface area contributed by atoms with Crippen LogP contribution in [0.2, 0.25) is 0 Å². The topological polar surface area (TPSA) is 12.0 Å². The molecule has 1 aromatic heterocycles. The molecule has 1 nitrogen and oxygen atoms in total. The molecule has 0 fully saturated rings. The normalized spacial score (nSPS) is 12.6. The van der Waals surface area contributed by atoms with Gasteiger partial charge in [-0.25, -0.2) is 4.39 Å². The summed E-state index contributed by atoms with van der Waals surface area (Å²) in [6, 6.07) is 7.31. The largest absolute Gasteiger partial charge is 0.310 e. The Bertz CT molecular complexity index is 556. The van der Waals surface area contributed by atoms with Gasteiger partial charge in [0.15, 0.2) is 0 Å². The summed E-state index contributed by atoms with van der Waals surface area (Å²) in [7, 11) is 0. The smallest absolute Gasteiger partial charge is 0.126 e. The Morgan fingerprint density at radius 2 is 2.11 bits per heavy atom. The van der Waals surface area contributed by atoms with Crippen molar-refractivity contribution in [3.05, 3.63) is 54.8 Å². The van der Waals surface area contributed by atoms with E-state index in [0.717, 1.165) is 20.4 Å². The predicted octanol–water partition coefficient (Wildman–Crippen LogP) is 5.31. The summed E-state index contributed by atoms with van der Waals surface area (Å²) in [4.78, 5) is 0. The van der Waals surface area contributed by atoms with Crippen LogP contribution >= 0.6 is 43.2 Å². The van der Waals surface area contributed by atoms with Crippen LogP contribution in [0.1, 0.15) is 24.1 Å². The van der Waals surface area contributed by atoms with Crippen LogP contribution < -0.4 is 5.32 Å². The van der Waals surface area contributed by atoms with Crippen LogP contribution in [0.25, 0.3) is 0 Å². The van der Waals surface area contributed by atoms with Crippen molar-refractivity contribution in [2.75, 3.05) is 6.54 Å². The lowest BCUT2D eigenvalue weighted by Crippen LogP contribution is -2.22. The summed E-state index contributed by atoms with van der Waals surface area (Å²) in [6.45, 7) is 2.92. The maximum atomic E-state index is 13.8. The van der Waals surface area contributed by atoms with Crippen molar-refractivity contribution in [3.8, 4) is 0 Å². The van der Waals surface area contributed by atoms with Crippen LogP contribution in [0.5, 0.6) is 0 Å². The zero-order valence-corrected chi connectivity index (χ0v) is 14.4. The molecule has 1 atom stereocenters. The standard InChI is InChI=1S/C14H14Br2FNS/c1-2-18-13(10-7-14(16)19-8-10)6-9-5-11(15)3-4-12(9)17/h3-5,7-8,13,18H,2,6H2,1H3. The van der Waals surface area contributed by atoms with E-state index in [0.29, 0.717) is 6.42 Å². The third-order valence-corrected chi connectivity index (χ3v) is 4.89. The molecule has 0 amide bonds. The van der Waals surface area contributed by atoms with Crippen LogP contribution in [-0.2, 0) is 6.42 Å². The SMILES string of the molecule is CCNC(Cc1cc(Br)ccc1F)c1csc(Br)c1. The average Bonchev–Trinajstić information content (AvgIpc) is 2.80. The fourth-order valence-corrected chi connectivity index (χ4v) is 3.62. The monoisotopic (exact) mass is 405 g/mol. The Morgan fingerprint density at radius 3 is 2.74 bits per heavy atom. The first kappa shape index (κ1) is 15.2. The number of rotatable bonds is 5. The molecular weight excluding hydrogens is 393 g/mol. The molecular formula is C14H14Br2FNS. The molecule has 1 aromatic carbocycles. The minimum absolute atomic E-state index is 0.136. The molecule has 0 aliphatic carbocycles. The van der Waals surface area contributed by atoms with Gasteiger partial charge in [-0.05, 0) is 69.7 Å². The molecule has 2 rings (SSSR count). The molecule has 0 bridgehead atoms. The van der Waals surface area contributed by atoms with E-state index in [1.807, 2.05) is 6.07 Å². The highest BCUT2D eigenvalue weighted by molar-refractivity contribution is 9.11. The molecule has 1 heterocycles. The number of benzene rings is 1. The van der Waals surface area contributed by atoms with Crippen molar-refractivity contribution in [1.82, 2.24) is 5.32 Å². The average molecular weight is 407 g/mol. The Morgan fingerprint density at radius 1 is 1.32 bits per heavy atom. The minimum Gasteiger partial charge on any atom is -0.310 e. The number of thiophene rings is 1. The molecule has 1 unspecified atom stereocenters. The molecule has 19 heavy (non-hydrogen) atoms. The zero-order valence-electron chi connectivity index (χ0n) is 10.4. The maximum Gasteiger partial charge on any atom is 0.126 e. The van der Waals surface area contributed by atoms with Gasteiger partial charge in [0.2, 0.25) is 0 Å². The van der Waals surface area contributed by atoms with E-state index >= 15 is 0 Å². The Hall–Kier alpha value is -0.230. The second-order valence-electron chi connectivity index (χ2n) is 4.23. The van der Waals surface area contributed by atoms with E-state index < -0.39 is 0 Å². The summed E-state index contributed by atoms with van der Waals surface area (Å²) in [5.41, 5.74) is 1.92. The molecule has 1 N–H and O–H groups in total. The highest BCUT2D eigenvalue weighted by atomic mass is 79.9. The predicted molar refractivity (Wildman–Crippen MR) is 86.2 cm³/mol. The van der Waals surface area contributed by atoms with Crippen LogP contribution in [-0.4, -0.2) is 6.54 Å². The van der Waals surface area contributed by atoms with E-state index in [-0.39, 0.29) is 11.9 Å². The van der Waals surface area contributed by atoms with Gasteiger partial charge in [0.05, 0.1) is 3.79 Å². The first-order valence-electron chi connectivity index (χ1n) is 6.01. The zero-order chi connectivity index (χ0) is 13.8. The van der Waals surface area contributed by atoms with Gasteiger partial charge in [0, 0.05) is 10.5 Å². The number of halogens is 3. The Balaban J connectivity index is 2.23. The molecule has 0 saturated heterocycles. The third-order valence-electron chi connectivity index (χ3n) is 2.87. The van der Waals surface area contributed by atoms with E-state index in [2.05, 4.69) is 55.5 Å². The lowest BCUT2D eigenvalue weighted by atomic mass is 10.0. The molecule has 2 aromatic rings. The summed E-state index contributed by atoms with van der Waals surface area (Å²) in [5, 5.41) is 5.52. The molecule has 5 heteroatoms. The van der Waals surface area contributed by atoms with Crippen molar-refractivity contribution < 1.29 is 4.39 Å². The minimum atomic E-state index is -0.152. The Labute approximate surface area is 133 Å². The fraction of sp³-hybridized carbons (Fsp3) is 0.286. The third kappa shape index (κ3) is 4.12. The van der Waals surface area contributed by atoms with Crippen LogP contribution in [0, 0.1) is 5.82 Å². The second-order valence-corrected chi connectivity index (χ2v) is 7.44. The van der Waals surface area contributed by atoms with Gasteiger partial charge in [-0.1, -0.05) is 22.9 Å². The quantitative estimate of drug-likeness (QED) is 0.709. The van der Waals surface area contributed by atoms with Gasteiger partial charge in [-0.15, -0.1) is 11.3 Å². The highest BCUT2D eigenvalue weighted by Gasteiger charge is 2.15. The van der Waals surface area contributed by atoms with Gasteiger partial charge in [-0.2, -0.15) is 0 Å². The van der Waals surface area contributed by atoms with Gasteiger partial charge in [-0.3, -0.25) is 0 Å². The molecule has 0 saturated carbocycles. The lowest BCUT2D eigenvalue weighted by molar-refractivity contribution is 0.529. The lowest BCUT2D eigenvalue weighted by Gasteiger charge is -2.17. The Kier molecular flexibility index (Phi) is 5.57. The summed E-state index contributed by atoms with van der Waals surface area (Å²) in [5.74, 6) is -0.152. The van der Waals surface area contributed by atoms with Crippen LogP contribution in [0.4, 0.5) is 4.39 Å². The molecule has 102 valence electrons. The van der Waals surface area contributed by atoms with E-state index in [1.165, 1.54) is 11.6 Å².